The zero-order valence-electron chi connectivity index (χ0n) is 19.6. The van der Waals surface area contributed by atoms with Gasteiger partial charge in [0.15, 0.2) is 11.4 Å². The van der Waals surface area contributed by atoms with Crippen molar-refractivity contribution in [2.75, 3.05) is 13.6 Å². The SMILES string of the molecule is C=C[C@H]1CCC[C@H](Oc2ccc(-c3nnn(C)c3COC(=O)N(C)CCC)nc2C(F)(F)F)C1. The van der Waals surface area contributed by atoms with Crippen molar-refractivity contribution in [3.8, 4) is 17.1 Å². The lowest BCUT2D eigenvalue weighted by molar-refractivity contribution is -0.143. The number of pyridine rings is 1. The van der Waals surface area contributed by atoms with Crippen LogP contribution >= 0.6 is 0 Å². The van der Waals surface area contributed by atoms with Crippen LogP contribution in [0.4, 0.5) is 18.0 Å². The van der Waals surface area contributed by atoms with E-state index < -0.39 is 18.0 Å². The molecule has 0 unspecified atom stereocenters. The fourth-order valence-corrected chi connectivity index (χ4v) is 3.96. The Morgan fingerprint density at radius 3 is 2.79 bits per heavy atom. The van der Waals surface area contributed by atoms with Crippen molar-refractivity contribution in [1.29, 1.82) is 0 Å². The molecule has 186 valence electrons. The molecule has 0 aliphatic heterocycles. The summed E-state index contributed by atoms with van der Waals surface area (Å²) in [6, 6.07) is 2.68. The number of alkyl halides is 3. The smallest absolute Gasteiger partial charge is 0.437 e. The van der Waals surface area contributed by atoms with Gasteiger partial charge in [-0.1, -0.05) is 18.2 Å². The third-order valence-electron chi connectivity index (χ3n) is 5.81. The average molecular weight is 482 g/mol. The zero-order chi connectivity index (χ0) is 24.9. The highest BCUT2D eigenvalue weighted by Gasteiger charge is 2.38. The normalized spacial score (nSPS) is 18.4. The van der Waals surface area contributed by atoms with E-state index in [0.29, 0.717) is 25.1 Å². The molecule has 0 radical (unpaired) electrons. The van der Waals surface area contributed by atoms with Gasteiger partial charge in [0, 0.05) is 20.6 Å². The standard InChI is InChI=1S/C23H30F3N5O3/c1-5-12-30(3)22(32)33-14-18-20(28-29-31(18)4)17-10-11-19(21(27-17)23(24,25)26)34-16-9-7-8-15(6-2)13-16/h6,10-11,15-16H,2,5,7-9,12-14H2,1,3-4H3/t15-,16-/m0/s1. The molecule has 1 saturated carbocycles. The summed E-state index contributed by atoms with van der Waals surface area (Å²) in [5.41, 5.74) is -0.723. The van der Waals surface area contributed by atoms with Crippen molar-refractivity contribution in [1.82, 2.24) is 24.9 Å². The predicted molar refractivity (Wildman–Crippen MR) is 119 cm³/mol. The largest absolute Gasteiger partial charge is 0.488 e. The Bertz CT molecular complexity index is 1010. The molecular weight excluding hydrogens is 451 g/mol. The van der Waals surface area contributed by atoms with Crippen molar-refractivity contribution in [2.24, 2.45) is 13.0 Å². The van der Waals surface area contributed by atoms with E-state index in [-0.39, 0.29) is 35.8 Å². The number of halogens is 3. The molecule has 2 aromatic rings. The van der Waals surface area contributed by atoms with Crippen LogP contribution < -0.4 is 4.74 Å². The second-order valence-corrected chi connectivity index (χ2v) is 8.43. The van der Waals surface area contributed by atoms with Gasteiger partial charge in [0.1, 0.15) is 18.0 Å². The molecule has 1 aliphatic carbocycles. The number of ether oxygens (including phenoxy) is 2. The predicted octanol–water partition coefficient (Wildman–Crippen LogP) is 5.00. The maximum absolute atomic E-state index is 13.9. The molecule has 2 heterocycles. The summed E-state index contributed by atoms with van der Waals surface area (Å²) >= 11 is 0. The molecule has 0 aromatic carbocycles. The fraction of sp³-hybridized carbons (Fsp3) is 0.565. The second-order valence-electron chi connectivity index (χ2n) is 8.43. The van der Waals surface area contributed by atoms with Crippen LogP contribution in [0.2, 0.25) is 0 Å². The molecular formula is C23H30F3N5O3. The van der Waals surface area contributed by atoms with Crippen LogP contribution in [-0.4, -0.2) is 50.7 Å². The molecule has 3 rings (SSSR count). The quantitative estimate of drug-likeness (QED) is 0.494. The molecule has 2 aromatic heterocycles. The Hall–Kier alpha value is -3.11. The number of carbonyl (C=O) groups is 1. The van der Waals surface area contributed by atoms with Crippen LogP contribution in [0.3, 0.4) is 0 Å². The number of allylic oxidation sites excluding steroid dienone is 1. The van der Waals surface area contributed by atoms with Gasteiger partial charge >= 0.3 is 12.3 Å². The van der Waals surface area contributed by atoms with Gasteiger partial charge in [0.25, 0.3) is 0 Å². The van der Waals surface area contributed by atoms with E-state index in [9.17, 15) is 18.0 Å². The number of hydrogen-bond donors (Lipinski definition) is 0. The number of hydrogen-bond acceptors (Lipinski definition) is 6. The van der Waals surface area contributed by atoms with Gasteiger partial charge in [-0.2, -0.15) is 13.2 Å². The monoisotopic (exact) mass is 481 g/mol. The number of rotatable bonds is 8. The molecule has 1 amide bonds. The first-order valence-electron chi connectivity index (χ1n) is 11.3. The van der Waals surface area contributed by atoms with Crippen LogP contribution in [0.5, 0.6) is 5.75 Å². The lowest BCUT2D eigenvalue weighted by Gasteiger charge is -2.28. The molecule has 34 heavy (non-hydrogen) atoms. The summed E-state index contributed by atoms with van der Waals surface area (Å²) in [6.07, 6.45) is 0.0929. The van der Waals surface area contributed by atoms with E-state index in [1.165, 1.54) is 21.7 Å². The first-order chi connectivity index (χ1) is 16.1. The van der Waals surface area contributed by atoms with Crippen LogP contribution in [0.15, 0.2) is 24.8 Å². The highest BCUT2D eigenvalue weighted by Crippen LogP contribution is 2.38. The Labute approximate surface area is 196 Å². The van der Waals surface area contributed by atoms with Crippen LogP contribution in [0, 0.1) is 5.92 Å². The first kappa shape index (κ1) is 25.5. The van der Waals surface area contributed by atoms with E-state index in [2.05, 4.69) is 21.9 Å². The lowest BCUT2D eigenvalue weighted by Crippen LogP contribution is -2.28. The third-order valence-corrected chi connectivity index (χ3v) is 5.81. The number of nitrogens with zero attached hydrogens (tertiary/aromatic N) is 5. The fourth-order valence-electron chi connectivity index (χ4n) is 3.96. The zero-order valence-corrected chi connectivity index (χ0v) is 19.6. The molecule has 2 atom stereocenters. The third kappa shape index (κ3) is 6.06. The topological polar surface area (TPSA) is 82.4 Å². The molecule has 0 saturated heterocycles. The van der Waals surface area contributed by atoms with Gasteiger partial charge in [-0.05, 0) is 50.2 Å². The van der Waals surface area contributed by atoms with E-state index in [1.807, 2.05) is 13.0 Å². The minimum atomic E-state index is -4.73. The maximum atomic E-state index is 13.9. The Morgan fingerprint density at radius 1 is 1.35 bits per heavy atom. The Morgan fingerprint density at radius 2 is 2.12 bits per heavy atom. The summed E-state index contributed by atoms with van der Waals surface area (Å²) in [4.78, 5) is 17.4. The van der Waals surface area contributed by atoms with Crippen molar-refractivity contribution in [2.45, 2.75) is 57.9 Å². The second kappa shape index (κ2) is 10.9. The van der Waals surface area contributed by atoms with Crippen LogP contribution in [0.1, 0.15) is 50.4 Å². The summed E-state index contributed by atoms with van der Waals surface area (Å²) in [6.45, 7) is 6.02. The van der Waals surface area contributed by atoms with Gasteiger partial charge < -0.3 is 14.4 Å². The summed E-state index contributed by atoms with van der Waals surface area (Å²) < 4.78 is 54.1. The minimum Gasteiger partial charge on any atom is -0.488 e. The van der Waals surface area contributed by atoms with Crippen LogP contribution in [-0.2, 0) is 24.6 Å². The number of amides is 1. The van der Waals surface area contributed by atoms with Gasteiger partial charge in [-0.15, -0.1) is 11.7 Å². The minimum absolute atomic E-state index is 0.0339. The Balaban J connectivity index is 1.85. The average Bonchev–Trinajstić information content (AvgIpc) is 3.17. The van der Waals surface area contributed by atoms with E-state index in [0.717, 1.165) is 19.3 Å². The number of carbonyl (C=O) groups excluding carboxylic acids is 1. The molecule has 1 aliphatic rings. The molecule has 1 fully saturated rings. The maximum Gasteiger partial charge on any atom is 0.437 e. The van der Waals surface area contributed by atoms with Gasteiger partial charge in [-0.25, -0.2) is 14.5 Å². The molecule has 0 bridgehead atoms. The molecule has 11 heteroatoms. The van der Waals surface area contributed by atoms with Crippen molar-refractivity contribution < 1.29 is 27.4 Å². The molecule has 0 spiro atoms. The van der Waals surface area contributed by atoms with Crippen molar-refractivity contribution in [3.05, 3.63) is 36.2 Å². The summed E-state index contributed by atoms with van der Waals surface area (Å²) in [5, 5.41) is 7.84. The van der Waals surface area contributed by atoms with Crippen molar-refractivity contribution in [3.63, 3.8) is 0 Å². The summed E-state index contributed by atoms with van der Waals surface area (Å²) in [7, 11) is 3.17. The highest BCUT2D eigenvalue weighted by atomic mass is 19.4. The van der Waals surface area contributed by atoms with Crippen LogP contribution in [0.25, 0.3) is 11.4 Å². The van der Waals surface area contributed by atoms with Gasteiger partial charge in [0.2, 0.25) is 0 Å². The van der Waals surface area contributed by atoms with E-state index in [1.54, 1.807) is 14.1 Å². The van der Waals surface area contributed by atoms with Gasteiger partial charge in [0.05, 0.1) is 11.8 Å². The number of aryl methyl sites for hydroxylation is 1. The highest BCUT2D eigenvalue weighted by molar-refractivity contribution is 5.67. The van der Waals surface area contributed by atoms with E-state index in [4.69, 9.17) is 9.47 Å². The summed E-state index contributed by atoms with van der Waals surface area (Å²) in [5.74, 6) is -0.0921. The van der Waals surface area contributed by atoms with Crippen molar-refractivity contribution >= 4 is 6.09 Å². The molecule has 8 nitrogen and oxygen atoms in total. The first-order valence-corrected chi connectivity index (χ1v) is 11.3. The molecule has 0 N–H and O–H groups in total. The lowest BCUT2D eigenvalue weighted by atomic mass is 9.87. The Kier molecular flexibility index (Phi) is 8.16. The van der Waals surface area contributed by atoms with Gasteiger partial charge in [-0.3, -0.25) is 0 Å². The number of aromatic nitrogens is 4. The van der Waals surface area contributed by atoms with E-state index >= 15 is 0 Å².